The van der Waals surface area contributed by atoms with Gasteiger partial charge in [-0.25, -0.2) is 0 Å². The minimum atomic E-state index is 0.147. The van der Waals surface area contributed by atoms with E-state index in [-0.39, 0.29) is 5.54 Å². The highest BCUT2D eigenvalue weighted by atomic mass is 35.5. The maximum atomic E-state index is 6.19. The molecule has 0 bridgehead atoms. The Kier molecular flexibility index (Phi) is 4.42. The molecule has 0 radical (unpaired) electrons. The van der Waals surface area contributed by atoms with Crippen molar-refractivity contribution in [1.82, 2.24) is 0 Å². The zero-order chi connectivity index (χ0) is 14.2. The summed E-state index contributed by atoms with van der Waals surface area (Å²) in [6, 6.07) is 3.41. The Bertz CT molecular complexity index is 554. The lowest BCUT2D eigenvalue weighted by Gasteiger charge is -2.29. The summed E-state index contributed by atoms with van der Waals surface area (Å²) in [6.07, 6.45) is 6.29. The molecule has 1 aliphatic carbocycles. The maximum Gasteiger partial charge on any atom is 0.161 e. The number of halogens is 3. The highest BCUT2D eigenvalue weighted by Gasteiger charge is 2.36. The van der Waals surface area contributed by atoms with Crippen molar-refractivity contribution in [3.05, 3.63) is 27.2 Å². The lowest BCUT2D eigenvalue weighted by atomic mass is 9.84. The van der Waals surface area contributed by atoms with Gasteiger partial charge in [-0.1, -0.05) is 65.8 Å². The molecule has 0 atom stereocenters. The molecule has 0 saturated heterocycles. The van der Waals surface area contributed by atoms with Crippen molar-refractivity contribution < 1.29 is 0 Å². The van der Waals surface area contributed by atoms with Crippen LogP contribution in [0.15, 0.2) is 17.1 Å². The molecule has 2 nitrogen and oxygen atoms in total. The molecule has 1 N–H and O–H groups in total. The minimum Gasteiger partial charge on any atom is -0.334 e. The second-order valence-corrected chi connectivity index (χ2v) is 7.55. The van der Waals surface area contributed by atoms with E-state index in [1.165, 1.54) is 32.1 Å². The zero-order valence-electron chi connectivity index (χ0n) is 10.9. The van der Waals surface area contributed by atoms with Gasteiger partial charge in [-0.2, -0.15) is 0 Å². The Hall–Kier alpha value is -0.0900. The number of hydrogen-bond acceptors (Lipinski definition) is 3. The number of thioether (sulfide) groups is 1. The molecular formula is C14H15Cl3N2S. The van der Waals surface area contributed by atoms with Crippen molar-refractivity contribution in [2.45, 2.75) is 37.6 Å². The van der Waals surface area contributed by atoms with Gasteiger partial charge in [0.2, 0.25) is 0 Å². The predicted octanol–water partition coefficient (Wildman–Crippen LogP) is 5.86. The van der Waals surface area contributed by atoms with Crippen molar-refractivity contribution >= 4 is 57.4 Å². The number of rotatable bonds is 1. The summed E-state index contributed by atoms with van der Waals surface area (Å²) in [5.41, 5.74) is 0.911. The molecule has 1 spiro atoms. The molecule has 1 heterocycles. The van der Waals surface area contributed by atoms with E-state index in [2.05, 4.69) is 5.32 Å². The maximum absolute atomic E-state index is 6.19. The van der Waals surface area contributed by atoms with Crippen LogP contribution in [0.5, 0.6) is 0 Å². The zero-order valence-corrected chi connectivity index (χ0v) is 14.0. The third-order valence-corrected chi connectivity index (χ3v) is 6.04. The summed E-state index contributed by atoms with van der Waals surface area (Å²) in [7, 11) is 0. The summed E-state index contributed by atoms with van der Waals surface area (Å²) in [5.74, 6) is 1.06. The van der Waals surface area contributed by atoms with Gasteiger partial charge in [-0.3, -0.25) is 4.99 Å². The smallest absolute Gasteiger partial charge is 0.161 e. The first-order chi connectivity index (χ1) is 9.58. The Labute approximate surface area is 138 Å². The van der Waals surface area contributed by atoms with Crippen LogP contribution in [0.4, 0.5) is 5.69 Å². The van der Waals surface area contributed by atoms with Gasteiger partial charge >= 0.3 is 0 Å². The van der Waals surface area contributed by atoms with Gasteiger partial charge in [-0.15, -0.1) is 0 Å². The fourth-order valence-corrected chi connectivity index (χ4v) is 4.54. The fourth-order valence-electron chi connectivity index (χ4n) is 2.75. The second-order valence-electron chi connectivity index (χ2n) is 5.36. The average Bonchev–Trinajstić information content (AvgIpc) is 2.79. The predicted molar refractivity (Wildman–Crippen MR) is 90.8 cm³/mol. The highest BCUT2D eigenvalue weighted by Crippen LogP contribution is 2.41. The molecular weight excluding hydrogens is 335 g/mol. The number of anilines is 1. The van der Waals surface area contributed by atoms with Gasteiger partial charge in [-0.05, 0) is 25.0 Å². The lowest BCUT2D eigenvalue weighted by molar-refractivity contribution is 0.335. The van der Waals surface area contributed by atoms with Crippen LogP contribution in [0.2, 0.25) is 15.1 Å². The Morgan fingerprint density at radius 3 is 2.45 bits per heavy atom. The molecule has 2 aliphatic rings. The van der Waals surface area contributed by atoms with E-state index in [9.17, 15) is 0 Å². The number of aliphatic imine (C=N–C) groups is 1. The van der Waals surface area contributed by atoms with E-state index in [4.69, 9.17) is 39.8 Å². The van der Waals surface area contributed by atoms with Crippen molar-refractivity contribution in [2.24, 2.45) is 4.99 Å². The van der Waals surface area contributed by atoms with Crippen molar-refractivity contribution in [1.29, 1.82) is 0 Å². The molecule has 1 aromatic carbocycles. The van der Waals surface area contributed by atoms with E-state index in [0.29, 0.717) is 15.1 Å². The summed E-state index contributed by atoms with van der Waals surface area (Å²) < 4.78 is 0. The molecule has 1 fully saturated rings. The summed E-state index contributed by atoms with van der Waals surface area (Å²) >= 11 is 19.9. The van der Waals surface area contributed by atoms with Crippen LogP contribution in [-0.2, 0) is 0 Å². The largest absolute Gasteiger partial charge is 0.334 e. The van der Waals surface area contributed by atoms with E-state index >= 15 is 0 Å². The first-order valence-corrected chi connectivity index (χ1v) is 8.84. The molecule has 0 amide bonds. The number of nitrogens with zero attached hydrogens (tertiary/aromatic N) is 1. The van der Waals surface area contributed by atoms with Gasteiger partial charge in [0.25, 0.3) is 0 Å². The molecule has 0 unspecified atom stereocenters. The van der Waals surface area contributed by atoms with Gasteiger partial charge < -0.3 is 5.32 Å². The minimum absolute atomic E-state index is 0.147. The Morgan fingerprint density at radius 1 is 1.00 bits per heavy atom. The Morgan fingerprint density at radius 2 is 1.70 bits per heavy atom. The normalized spacial score (nSPS) is 21.1. The number of nitrogens with one attached hydrogen (secondary N) is 1. The number of amidine groups is 1. The van der Waals surface area contributed by atoms with E-state index in [1.807, 2.05) is 0 Å². The summed E-state index contributed by atoms with van der Waals surface area (Å²) in [6.45, 7) is 0. The highest BCUT2D eigenvalue weighted by molar-refractivity contribution is 8.14. The molecule has 3 rings (SSSR count). The standard InChI is InChI=1S/C14H15Cl3N2S/c15-9-6-11(17)12(7-10(9)16)18-13-19-14(8-20-13)4-2-1-3-5-14/h6-7H,1-5,8H2,(H,18,19). The van der Waals surface area contributed by atoms with E-state index < -0.39 is 0 Å². The van der Waals surface area contributed by atoms with Gasteiger partial charge in [0.15, 0.2) is 5.17 Å². The number of hydrogen-bond donors (Lipinski definition) is 1. The molecule has 0 aromatic heterocycles. The molecule has 20 heavy (non-hydrogen) atoms. The van der Waals surface area contributed by atoms with Gasteiger partial charge in [0.05, 0.1) is 26.3 Å². The van der Waals surface area contributed by atoms with E-state index in [0.717, 1.165) is 16.6 Å². The molecule has 1 saturated carbocycles. The fraction of sp³-hybridized carbons (Fsp3) is 0.500. The monoisotopic (exact) mass is 348 g/mol. The molecule has 1 aliphatic heterocycles. The first kappa shape index (κ1) is 14.8. The molecule has 6 heteroatoms. The van der Waals surface area contributed by atoms with Crippen LogP contribution in [0.25, 0.3) is 0 Å². The second kappa shape index (κ2) is 5.96. The SMILES string of the molecule is Clc1cc(Cl)c(NC2=NC3(CCCCC3)CS2)cc1Cl. The van der Waals surface area contributed by atoms with Crippen LogP contribution >= 0.6 is 46.6 Å². The van der Waals surface area contributed by atoms with Crippen molar-refractivity contribution in [3.8, 4) is 0 Å². The number of benzene rings is 1. The third-order valence-electron chi connectivity index (χ3n) is 3.85. The molecule has 108 valence electrons. The van der Waals surface area contributed by atoms with Gasteiger partial charge in [0, 0.05) is 5.75 Å². The lowest BCUT2D eigenvalue weighted by Crippen LogP contribution is -2.29. The topological polar surface area (TPSA) is 24.4 Å². The van der Waals surface area contributed by atoms with Crippen molar-refractivity contribution in [3.63, 3.8) is 0 Å². The first-order valence-electron chi connectivity index (χ1n) is 6.72. The van der Waals surface area contributed by atoms with Crippen LogP contribution in [0, 0.1) is 0 Å². The average molecular weight is 350 g/mol. The van der Waals surface area contributed by atoms with E-state index in [1.54, 1.807) is 23.9 Å². The molecule has 1 aromatic rings. The van der Waals surface area contributed by atoms with Crippen LogP contribution in [0.1, 0.15) is 32.1 Å². The van der Waals surface area contributed by atoms with Crippen LogP contribution < -0.4 is 5.32 Å². The van der Waals surface area contributed by atoms with Crippen LogP contribution in [0.3, 0.4) is 0 Å². The van der Waals surface area contributed by atoms with Crippen molar-refractivity contribution in [2.75, 3.05) is 11.1 Å². The quantitative estimate of drug-likeness (QED) is 0.642. The van der Waals surface area contributed by atoms with Crippen LogP contribution in [-0.4, -0.2) is 16.5 Å². The summed E-state index contributed by atoms with van der Waals surface area (Å²) in [5, 5.41) is 5.75. The van der Waals surface area contributed by atoms with Gasteiger partial charge in [0.1, 0.15) is 0 Å². The third kappa shape index (κ3) is 3.06. The summed E-state index contributed by atoms with van der Waals surface area (Å²) in [4.78, 5) is 4.90. The Balaban J connectivity index is 1.78.